The smallest absolute Gasteiger partial charge is 0.162 e. The van der Waals surface area contributed by atoms with Crippen molar-refractivity contribution in [3.05, 3.63) is 307 Å². The van der Waals surface area contributed by atoms with Crippen molar-refractivity contribution in [1.29, 1.82) is 0 Å². The van der Waals surface area contributed by atoms with Crippen molar-refractivity contribution >= 4 is 66.7 Å². The van der Waals surface area contributed by atoms with Crippen LogP contribution in [0.1, 0.15) is 297 Å². The maximum Gasteiger partial charge on any atom is 0.162 e. The van der Waals surface area contributed by atoms with E-state index in [9.17, 15) is 34.5 Å². The summed E-state index contributed by atoms with van der Waals surface area (Å²) in [7, 11) is 0. The molecule has 2 fully saturated rings. The van der Waals surface area contributed by atoms with Crippen molar-refractivity contribution in [1.82, 2.24) is 19.9 Å². The van der Waals surface area contributed by atoms with Crippen molar-refractivity contribution in [2.75, 3.05) is 0 Å². The maximum absolute atomic E-state index is 12.0. The zero-order chi connectivity index (χ0) is 103. The topological polar surface area (TPSA) is 201 Å². The van der Waals surface area contributed by atoms with Gasteiger partial charge < -0.3 is 20.4 Å². The number of hydrogen-bond donors (Lipinski definition) is 4. The summed E-state index contributed by atoms with van der Waals surface area (Å²) in [5.41, 5.74) is 31.5. The SMILES string of the molecule is CC(=O)C=C(C)O.CC(C)CC(=O)C=C(O)CC(C)C.CCC(CC)C(=O)C=C(O)C(CC)CC.Cc1[c-]c(-c2ccc3c(C)cc(C)cc3n2)cc(C)c1.Cc1[c-]c(-c2ccc3c(C)cc(C)cc3n2)cc(C)c1.Cc1[c-]c(-c2ccc3c(CC(C)C)cc(CC(C)C)cc3n2)cc(C)c1.Cc1[c-]c(-c2ccc3c(CC(C)C)cccc3n2)cc(C)c1.O=C(C=C(O)C1CCCCC1)C1CCCCC1.[Ir].[Ir].[Ir].[Ir]. The summed E-state index contributed by atoms with van der Waals surface area (Å²) >= 11 is 0. The first kappa shape index (κ1) is 129. The molecule has 144 heavy (non-hydrogen) atoms. The number of aryl methyl sites for hydroxylation is 12. The van der Waals surface area contributed by atoms with Gasteiger partial charge >= 0.3 is 0 Å². The number of hydrogen-bond acceptors (Lipinski definition) is 12. The molecule has 0 bridgehead atoms. The summed E-state index contributed by atoms with van der Waals surface area (Å²) < 4.78 is 0. The van der Waals surface area contributed by atoms with Crippen LogP contribution in [0.2, 0.25) is 0 Å². The number of carbonyl (C=O) groups excluding carboxylic acids is 4. The normalized spacial score (nSPS) is 12.8. The molecule has 14 rings (SSSR count). The second kappa shape index (κ2) is 64.8. The van der Waals surface area contributed by atoms with E-state index < -0.39 is 0 Å². The zero-order valence-electron chi connectivity index (χ0n) is 91.4. The standard InChI is InChI=1S/C25H30N.C21H22N.2C19H18N.C15H24O2.C13H24O2.C11H20O2.C5H8O2.4Ir/c1-16(2)9-20-14-21(10-17(3)4)23-7-8-24(26-25(23)15-20)22-12-18(5)11-19(6)13-22;1-14(2)10-17-6-5-7-21-19(17)8-9-20(22-21)18-12-15(3)11-16(4)13-18;2*1-12-7-13(2)10-16(9-12)18-6-5-17-15(4)8-14(3)11-19(17)20-18;16-14(12-7-3-1-4-8-12)11-15(17)13-9-5-2-6-10-13;1-5-10(6-2)12(14)9-13(15)11(7-3)8-4;1-8(2)5-10(12)7-11(13)6-9(3)4;1-4(6)3-5(2)7;;;;/h7-8,11-12,14-17H,9-10H2,1-6H3;5-9,11-12,14H,10H2,1-4H3;2*5-9,11H,1-4H3;11-13,16H,1-10H2;9-11,14H,5-8H2,1-4H3;7-9,12H,5-6H2,1-4H3;3,6H,1-2H3;;;;/q4*-1;;;;;;;;. The van der Waals surface area contributed by atoms with Gasteiger partial charge in [0.2, 0.25) is 0 Å². The number of rotatable bonds is 26. The fourth-order valence-corrected chi connectivity index (χ4v) is 18.7. The molecule has 784 valence electrons. The fourth-order valence-electron chi connectivity index (χ4n) is 18.7. The Bertz CT molecular complexity index is 6030. The van der Waals surface area contributed by atoms with Crippen LogP contribution in [0.15, 0.2) is 199 Å². The molecule has 12 nitrogen and oxygen atoms in total. The van der Waals surface area contributed by atoms with Crippen LogP contribution >= 0.6 is 0 Å². The van der Waals surface area contributed by atoms with Crippen LogP contribution in [-0.4, -0.2) is 63.5 Å². The van der Waals surface area contributed by atoms with Gasteiger partial charge in [-0.25, -0.2) is 0 Å². The molecule has 0 amide bonds. The van der Waals surface area contributed by atoms with Gasteiger partial charge in [0.25, 0.3) is 0 Å². The average molecular weight is 2660 g/mol. The summed E-state index contributed by atoms with van der Waals surface area (Å²) in [4.78, 5) is 64.5. The first-order valence-corrected chi connectivity index (χ1v) is 51.6. The second-order valence-corrected chi connectivity index (χ2v) is 41.5. The van der Waals surface area contributed by atoms with Crippen molar-refractivity contribution in [2.24, 2.45) is 53.3 Å². The van der Waals surface area contributed by atoms with Gasteiger partial charge in [-0.2, -0.15) is 0 Å². The number of nitrogens with zero attached hydrogens (tertiary/aromatic N) is 4. The minimum absolute atomic E-state index is 0. The number of carbonyl (C=O) groups is 4. The van der Waals surface area contributed by atoms with Crippen LogP contribution in [0.4, 0.5) is 0 Å². The van der Waals surface area contributed by atoms with E-state index in [0.29, 0.717) is 48.2 Å². The Hall–Kier alpha value is -9.16. The Labute approximate surface area is 919 Å². The van der Waals surface area contributed by atoms with E-state index in [1.54, 1.807) is 6.08 Å². The Balaban J connectivity index is 0.000000429. The van der Waals surface area contributed by atoms with E-state index in [2.05, 4.69) is 301 Å². The summed E-state index contributed by atoms with van der Waals surface area (Å²) in [5.74, 6) is 4.39. The molecular weight excluding hydrogens is 2490 g/mol. The molecule has 4 N–H and O–H groups in total. The van der Waals surface area contributed by atoms with Crippen molar-refractivity contribution in [2.45, 2.75) is 316 Å². The molecule has 0 atom stereocenters. The first-order chi connectivity index (χ1) is 66.3. The van der Waals surface area contributed by atoms with Crippen molar-refractivity contribution < 1.29 is 120 Å². The van der Waals surface area contributed by atoms with E-state index >= 15 is 0 Å². The van der Waals surface area contributed by atoms with Crippen LogP contribution in [0.5, 0.6) is 0 Å². The predicted octanol–water partition coefficient (Wildman–Crippen LogP) is 34.2. The van der Waals surface area contributed by atoms with E-state index in [1.165, 1.54) is 153 Å². The van der Waals surface area contributed by atoms with Gasteiger partial charge in [-0.1, -0.05) is 270 Å². The van der Waals surface area contributed by atoms with Gasteiger partial charge in [-0.15, -0.1) is 140 Å². The van der Waals surface area contributed by atoms with Crippen molar-refractivity contribution in [3.63, 3.8) is 0 Å². The van der Waals surface area contributed by atoms with Gasteiger partial charge in [0, 0.05) is 163 Å². The van der Waals surface area contributed by atoms with Crippen LogP contribution in [0.25, 0.3) is 88.6 Å². The Morgan fingerprint density at radius 3 is 1.06 bits per heavy atom. The summed E-state index contributed by atoms with van der Waals surface area (Å²) in [5, 5.41) is 42.5. The molecule has 4 aromatic heterocycles. The quantitative estimate of drug-likeness (QED) is 0.0227. The van der Waals surface area contributed by atoms with Crippen LogP contribution in [-0.2, 0) is 119 Å². The molecule has 8 aromatic carbocycles. The fraction of sp³-hybridized carbons (Fsp3) is 0.438. The molecule has 2 saturated carbocycles. The zero-order valence-corrected chi connectivity index (χ0v) is 101. The third-order valence-electron chi connectivity index (χ3n) is 25.1. The number of ketones is 4. The first-order valence-electron chi connectivity index (χ1n) is 51.6. The summed E-state index contributed by atoms with van der Waals surface area (Å²) in [6, 6.07) is 67.9. The third kappa shape index (κ3) is 44.1. The molecule has 4 radical (unpaired) electrons. The number of aromatic nitrogens is 4. The van der Waals surface area contributed by atoms with Gasteiger partial charge in [0.15, 0.2) is 23.1 Å². The number of fused-ring (bicyclic) bond motifs is 4. The molecule has 0 saturated heterocycles. The van der Waals surface area contributed by atoms with E-state index in [-0.39, 0.29) is 145 Å². The van der Waals surface area contributed by atoms with Crippen LogP contribution in [0.3, 0.4) is 0 Å². The van der Waals surface area contributed by atoms with E-state index in [4.69, 9.17) is 25.0 Å². The number of benzene rings is 8. The average Bonchev–Trinajstić information content (AvgIpc) is 0.798. The van der Waals surface area contributed by atoms with Gasteiger partial charge in [-0.05, 0) is 228 Å². The second-order valence-electron chi connectivity index (χ2n) is 41.5. The van der Waals surface area contributed by atoms with Gasteiger partial charge in [0.05, 0.1) is 45.1 Å². The monoisotopic (exact) mass is 2660 g/mol. The third-order valence-corrected chi connectivity index (χ3v) is 25.1. The molecule has 4 heterocycles. The number of aliphatic hydroxyl groups excluding tert-OH is 4. The Kier molecular flexibility index (Phi) is 58.1. The number of allylic oxidation sites excluding steroid dienone is 8. The van der Waals surface area contributed by atoms with Gasteiger partial charge in [-0.3, -0.25) is 39.1 Å². The molecule has 0 spiro atoms. The van der Waals surface area contributed by atoms with E-state index in [1.807, 2.05) is 55.4 Å². The van der Waals surface area contributed by atoms with Crippen LogP contribution in [0, 0.1) is 161 Å². The molecule has 16 heteroatoms. The largest absolute Gasteiger partial charge is 0.512 e. The minimum Gasteiger partial charge on any atom is -0.512 e. The maximum atomic E-state index is 12.0. The predicted molar refractivity (Wildman–Crippen MR) is 591 cm³/mol. The van der Waals surface area contributed by atoms with Crippen LogP contribution < -0.4 is 0 Å². The number of pyridine rings is 4. The number of aliphatic hydroxyl groups is 4. The summed E-state index contributed by atoms with van der Waals surface area (Å²) in [6.45, 7) is 57.9. The van der Waals surface area contributed by atoms with Crippen molar-refractivity contribution in [3.8, 4) is 45.0 Å². The minimum atomic E-state index is -0.125. The molecule has 0 unspecified atom stereocenters. The molecule has 2 aliphatic rings. The molecular formula is C128H164Ir4N4O8-4. The Morgan fingerprint density at radius 1 is 0.354 bits per heavy atom. The molecule has 2 aliphatic carbocycles. The Morgan fingerprint density at radius 2 is 0.708 bits per heavy atom. The van der Waals surface area contributed by atoms with Gasteiger partial charge in [0.1, 0.15) is 0 Å². The summed E-state index contributed by atoms with van der Waals surface area (Å²) in [6.07, 6.45) is 24.8. The van der Waals surface area contributed by atoms with E-state index in [0.717, 1.165) is 160 Å². The molecule has 12 aromatic rings. The molecule has 0 aliphatic heterocycles.